The summed E-state index contributed by atoms with van der Waals surface area (Å²) in [6.07, 6.45) is 6.28. The lowest BCUT2D eigenvalue weighted by Crippen LogP contribution is -2.08. The first kappa shape index (κ1) is 15.6. The van der Waals surface area contributed by atoms with Crippen LogP contribution < -0.4 is 5.32 Å². The second kappa shape index (κ2) is 6.87. The first-order valence-electron chi connectivity index (χ1n) is 7.16. The maximum atomic E-state index is 13.1. The van der Waals surface area contributed by atoms with E-state index in [9.17, 15) is 13.6 Å². The first-order valence-corrected chi connectivity index (χ1v) is 7.16. The average molecular weight is 325 g/mol. The van der Waals surface area contributed by atoms with Gasteiger partial charge in [-0.05, 0) is 30.3 Å². The Morgan fingerprint density at radius 3 is 2.62 bits per heavy atom. The van der Waals surface area contributed by atoms with Gasteiger partial charge in [0, 0.05) is 29.6 Å². The van der Waals surface area contributed by atoms with Gasteiger partial charge < -0.3 is 5.32 Å². The summed E-state index contributed by atoms with van der Waals surface area (Å²) >= 11 is 0. The highest BCUT2D eigenvalue weighted by molar-refractivity contribution is 6.01. The number of halogens is 2. The van der Waals surface area contributed by atoms with Gasteiger partial charge in [0.25, 0.3) is 0 Å². The van der Waals surface area contributed by atoms with Crippen molar-refractivity contribution in [3.8, 4) is 5.69 Å². The van der Waals surface area contributed by atoms with Crippen LogP contribution in [0.15, 0.2) is 67.0 Å². The predicted octanol–water partition coefficient (Wildman–Crippen LogP) is 3.80. The number of carbonyl (C=O) groups excluding carboxylic acids is 1. The van der Waals surface area contributed by atoms with Crippen molar-refractivity contribution in [2.45, 2.75) is 0 Å². The number of aromatic nitrogens is 2. The van der Waals surface area contributed by atoms with Crippen LogP contribution in [-0.4, -0.2) is 15.7 Å². The van der Waals surface area contributed by atoms with Crippen molar-refractivity contribution >= 4 is 17.7 Å². The average Bonchev–Trinajstić information content (AvgIpc) is 3.06. The van der Waals surface area contributed by atoms with Crippen molar-refractivity contribution in [1.82, 2.24) is 9.78 Å². The highest BCUT2D eigenvalue weighted by Crippen LogP contribution is 2.13. The summed E-state index contributed by atoms with van der Waals surface area (Å²) in [5.74, 6) is -2.42. The highest BCUT2D eigenvalue weighted by atomic mass is 19.2. The van der Waals surface area contributed by atoms with Gasteiger partial charge in [-0.15, -0.1) is 0 Å². The number of hydrogen-bond donors (Lipinski definition) is 1. The molecule has 120 valence electrons. The summed E-state index contributed by atoms with van der Waals surface area (Å²) in [6, 6.07) is 12.7. The highest BCUT2D eigenvalue weighted by Gasteiger charge is 2.04. The molecule has 0 aliphatic heterocycles. The molecule has 2 aromatic carbocycles. The SMILES string of the molecule is O=C(/C=C/c1cnn(-c2ccccc2)c1)Nc1ccc(F)c(F)c1. The van der Waals surface area contributed by atoms with Gasteiger partial charge in [-0.2, -0.15) is 5.10 Å². The molecule has 0 radical (unpaired) electrons. The number of anilines is 1. The quantitative estimate of drug-likeness (QED) is 0.742. The Kier molecular flexibility index (Phi) is 4.47. The Labute approximate surface area is 137 Å². The minimum Gasteiger partial charge on any atom is -0.322 e. The van der Waals surface area contributed by atoms with E-state index in [-0.39, 0.29) is 5.69 Å². The van der Waals surface area contributed by atoms with Crippen LogP contribution in [0, 0.1) is 11.6 Å². The van der Waals surface area contributed by atoms with E-state index in [0.29, 0.717) is 0 Å². The standard InChI is InChI=1S/C18H13F2N3O/c19-16-8-7-14(10-17(16)20)22-18(24)9-6-13-11-21-23(12-13)15-4-2-1-3-5-15/h1-12H,(H,22,24)/b9-6+. The van der Waals surface area contributed by atoms with Gasteiger partial charge in [-0.1, -0.05) is 18.2 Å². The fourth-order valence-electron chi connectivity index (χ4n) is 2.07. The molecule has 0 saturated heterocycles. The summed E-state index contributed by atoms with van der Waals surface area (Å²) in [5.41, 5.74) is 1.83. The van der Waals surface area contributed by atoms with E-state index in [4.69, 9.17) is 0 Å². The molecule has 0 saturated carbocycles. The topological polar surface area (TPSA) is 46.9 Å². The number of nitrogens with one attached hydrogen (secondary N) is 1. The van der Waals surface area contributed by atoms with Crippen LogP contribution >= 0.6 is 0 Å². The molecule has 0 fully saturated rings. The van der Waals surface area contributed by atoms with Gasteiger partial charge in [0.15, 0.2) is 11.6 Å². The fourth-order valence-corrected chi connectivity index (χ4v) is 2.07. The van der Waals surface area contributed by atoms with Gasteiger partial charge in [0.2, 0.25) is 5.91 Å². The van der Waals surface area contributed by atoms with Gasteiger partial charge in [0.05, 0.1) is 11.9 Å². The molecule has 24 heavy (non-hydrogen) atoms. The molecule has 1 N–H and O–H groups in total. The number of benzene rings is 2. The summed E-state index contributed by atoms with van der Waals surface area (Å²) < 4.78 is 27.6. The minimum absolute atomic E-state index is 0.184. The van der Waals surface area contributed by atoms with Gasteiger partial charge >= 0.3 is 0 Å². The van der Waals surface area contributed by atoms with Gasteiger partial charge in [-0.25, -0.2) is 13.5 Å². The molecule has 1 aromatic heterocycles. The molecular formula is C18H13F2N3O. The predicted molar refractivity (Wildman–Crippen MR) is 87.6 cm³/mol. The van der Waals surface area contributed by atoms with E-state index in [1.54, 1.807) is 23.2 Å². The van der Waals surface area contributed by atoms with Crippen molar-refractivity contribution in [1.29, 1.82) is 0 Å². The smallest absolute Gasteiger partial charge is 0.248 e. The number of hydrogen-bond acceptors (Lipinski definition) is 2. The first-order chi connectivity index (χ1) is 11.6. The molecule has 3 aromatic rings. The maximum absolute atomic E-state index is 13.1. The Morgan fingerprint density at radius 2 is 1.88 bits per heavy atom. The number of para-hydroxylation sites is 1. The van der Waals surface area contributed by atoms with Crippen LogP contribution in [0.25, 0.3) is 11.8 Å². The lowest BCUT2D eigenvalue weighted by atomic mass is 10.3. The maximum Gasteiger partial charge on any atom is 0.248 e. The molecule has 0 atom stereocenters. The van der Waals surface area contributed by atoms with E-state index in [0.717, 1.165) is 23.4 Å². The van der Waals surface area contributed by atoms with E-state index >= 15 is 0 Å². The van der Waals surface area contributed by atoms with Crippen LogP contribution in [0.2, 0.25) is 0 Å². The Balaban J connectivity index is 1.66. The van der Waals surface area contributed by atoms with Crippen LogP contribution in [0.4, 0.5) is 14.5 Å². The number of nitrogens with zero attached hydrogens (tertiary/aromatic N) is 2. The minimum atomic E-state index is -1.01. The van der Waals surface area contributed by atoms with Crippen molar-refractivity contribution in [2.24, 2.45) is 0 Å². The molecular weight excluding hydrogens is 312 g/mol. The molecule has 0 spiro atoms. The van der Waals surface area contributed by atoms with Crippen LogP contribution in [0.5, 0.6) is 0 Å². The summed E-state index contributed by atoms with van der Waals surface area (Å²) in [7, 11) is 0. The van der Waals surface area contributed by atoms with Crippen molar-refractivity contribution < 1.29 is 13.6 Å². The fraction of sp³-hybridized carbons (Fsp3) is 0. The molecule has 4 nitrogen and oxygen atoms in total. The Bertz CT molecular complexity index is 888. The molecule has 0 unspecified atom stereocenters. The van der Waals surface area contributed by atoms with Crippen molar-refractivity contribution in [2.75, 3.05) is 5.32 Å². The van der Waals surface area contributed by atoms with Crippen LogP contribution in [0.1, 0.15) is 5.56 Å². The van der Waals surface area contributed by atoms with E-state index in [1.807, 2.05) is 30.3 Å². The van der Waals surface area contributed by atoms with Crippen LogP contribution in [0.3, 0.4) is 0 Å². The number of rotatable bonds is 4. The van der Waals surface area contributed by atoms with Gasteiger partial charge in [0.1, 0.15) is 0 Å². The van der Waals surface area contributed by atoms with Crippen LogP contribution in [-0.2, 0) is 4.79 Å². The lowest BCUT2D eigenvalue weighted by molar-refractivity contribution is -0.111. The van der Waals surface area contributed by atoms with E-state index in [2.05, 4.69) is 10.4 Å². The number of carbonyl (C=O) groups is 1. The van der Waals surface area contributed by atoms with Crippen molar-refractivity contribution in [3.05, 3.63) is 84.2 Å². The third-order valence-corrected chi connectivity index (χ3v) is 3.24. The monoisotopic (exact) mass is 325 g/mol. The summed E-state index contributed by atoms with van der Waals surface area (Å²) in [5, 5.41) is 6.67. The second-order valence-electron chi connectivity index (χ2n) is 5.01. The molecule has 1 heterocycles. The molecule has 1 amide bonds. The molecule has 0 aliphatic rings. The molecule has 6 heteroatoms. The zero-order valence-corrected chi connectivity index (χ0v) is 12.5. The zero-order valence-electron chi connectivity index (χ0n) is 12.5. The van der Waals surface area contributed by atoms with Gasteiger partial charge in [-0.3, -0.25) is 4.79 Å². The summed E-state index contributed by atoms with van der Waals surface area (Å²) in [4.78, 5) is 11.8. The summed E-state index contributed by atoms with van der Waals surface area (Å²) in [6.45, 7) is 0. The Hall–Kier alpha value is -3.28. The van der Waals surface area contributed by atoms with Crippen molar-refractivity contribution in [3.63, 3.8) is 0 Å². The Morgan fingerprint density at radius 1 is 1.08 bits per heavy atom. The normalized spacial score (nSPS) is 10.9. The molecule has 3 rings (SSSR count). The molecule has 0 aliphatic carbocycles. The largest absolute Gasteiger partial charge is 0.322 e. The lowest BCUT2D eigenvalue weighted by Gasteiger charge is -2.02. The molecule has 0 bridgehead atoms. The number of amides is 1. The second-order valence-corrected chi connectivity index (χ2v) is 5.01. The zero-order chi connectivity index (χ0) is 16.9. The van der Waals surface area contributed by atoms with E-state index in [1.165, 1.54) is 12.1 Å². The third kappa shape index (κ3) is 3.73. The third-order valence-electron chi connectivity index (χ3n) is 3.24. The van der Waals surface area contributed by atoms with E-state index < -0.39 is 17.5 Å².